The molecule has 4 heteroatoms. The SMILES string of the molecule is COc1ccc(C(=O)CC2CCCNC2)cc1Cl. The van der Waals surface area contributed by atoms with Crippen molar-refractivity contribution in [2.75, 3.05) is 20.2 Å². The van der Waals surface area contributed by atoms with Crippen molar-refractivity contribution >= 4 is 17.4 Å². The van der Waals surface area contributed by atoms with Gasteiger partial charge in [-0.1, -0.05) is 11.6 Å². The highest BCUT2D eigenvalue weighted by molar-refractivity contribution is 6.32. The van der Waals surface area contributed by atoms with Crippen molar-refractivity contribution in [3.63, 3.8) is 0 Å². The molecule has 2 rings (SSSR count). The molecule has 0 amide bonds. The van der Waals surface area contributed by atoms with Crippen molar-refractivity contribution < 1.29 is 9.53 Å². The number of methoxy groups -OCH3 is 1. The first-order chi connectivity index (χ1) is 8.70. The molecule has 1 unspecified atom stereocenters. The molecular formula is C14H18ClNO2. The molecule has 1 aliphatic heterocycles. The number of rotatable bonds is 4. The lowest BCUT2D eigenvalue weighted by molar-refractivity contribution is 0.0954. The molecule has 98 valence electrons. The van der Waals surface area contributed by atoms with Gasteiger partial charge in [0.15, 0.2) is 5.78 Å². The summed E-state index contributed by atoms with van der Waals surface area (Å²) in [5.74, 6) is 1.22. The number of ketones is 1. The molecule has 1 atom stereocenters. The maximum atomic E-state index is 12.1. The lowest BCUT2D eigenvalue weighted by atomic mass is 9.92. The van der Waals surface area contributed by atoms with Gasteiger partial charge in [-0.2, -0.15) is 0 Å². The Morgan fingerprint density at radius 2 is 2.39 bits per heavy atom. The summed E-state index contributed by atoms with van der Waals surface area (Å²) in [6.45, 7) is 2.01. The van der Waals surface area contributed by atoms with Crippen LogP contribution < -0.4 is 10.1 Å². The van der Waals surface area contributed by atoms with Gasteiger partial charge >= 0.3 is 0 Å². The van der Waals surface area contributed by atoms with Gasteiger partial charge in [-0.3, -0.25) is 4.79 Å². The monoisotopic (exact) mass is 267 g/mol. The van der Waals surface area contributed by atoms with E-state index in [4.69, 9.17) is 16.3 Å². The average Bonchev–Trinajstić information content (AvgIpc) is 2.39. The summed E-state index contributed by atoms with van der Waals surface area (Å²) in [6.07, 6.45) is 2.87. The topological polar surface area (TPSA) is 38.3 Å². The van der Waals surface area contributed by atoms with Crippen molar-refractivity contribution in [2.45, 2.75) is 19.3 Å². The molecule has 1 aromatic rings. The number of ether oxygens (including phenoxy) is 1. The largest absolute Gasteiger partial charge is 0.495 e. The standard InChI is InChI=1S/C14H18ClNO2/c1-18-14-5-4-11(8-12(14)15)13(17)7-10-3-2-6-16-9-10/h4-5,8,10,16H,2-3,6-7,9H2,1H3. The van der Waals surface area contributed by atoms with Gasteiger partial charge in [0.2, 0.25) is 0 Å². The first-order valence-electron chi connectivity index (χ1n) is 6.28. The predicted molar refractivity (Wildman–Crippen MR) is 72.5 cm³/mol. The molecule has 1 N–H and O–H groups in total. The maximum Gasteiger partial charge on any atom is 0.163 e. The Morgan fingerprint density at radius 1 is 1.56 bits per heavy atom. The third kappa shape index (κ3) is 3.24. The highest BCUT2D eigenvalue weighted by Gasteiger charge is 2.18. The Hall–Kier alpha value is -1.06. The van der Waals surface area contributed by atoms with E-state index in [1.165, 1.54) is 0 Å². The molecule has 0 radical (unpaired) electrons. The van der Waals surface area contributed by atoms with Crippen LogP contribution in [-0.4, -0.2) is 26.0 Å². The quantitative estimate of drug-likeness (QED) is 0.853. The molecule has 1 fully saturated rings. The average molecular weight is 268 g/mol. The van der Waals surface area contributed by atoms with Crippen LogP contribution in [-0.2, 0) is 0 Å². The molecule has 0 aromatic heterocycles. The summed E-state index contributed by atoms with van der Waals surface area (Å²) >= 11 is 6.03. The number of nitrogens with one attached hydrogen (secondary N) is 1. The Balaban J connectivity index is 2.01. The fraction of sp³-hybridized carbons (Fsp3) is 0.500. The van der Waals surface area contributed by atoms with E-state index in [9.17, 15) is 4.79 Å². The Labute approximate surface area is 112 Å². The van der Waals surface area contributed by atoms with Crippen LogP contribution in [0, 0.1) is 5.92 Å². The fourth-order valence-electron chi connectivity index (χ4n) is 2.32. The molecule has 1 heterocycles. The van der Waals surface area contributed by atoms with Crippen LogP contribution in [0.2, 0.25) is 5.02 Å². The Bertz CT molecular complexity index is 428. The van der Waals surface area contributed by atoms with Crippen molar-refractivity contribution in [1.82, 2.24) is 5.32 Å². The van der Waals surface area contributed by atoms with Crippen molar-refractivity contribution in [2.24, 2.45) is 5.92 Å². The molecule has 18 heavy (non-hydrogen) atoms. The van der Waals surface area contributed by atoms with E-state index in [0.717, 1.165) is 25.9 Å². The molecule has 1 aliphatic rings. The van der Waals surface area contributed by atoms with E-state index in [1.54, 1.807) is 25.3 Å². The smallest absolute Gasteiger partial charge is 0.163 e. The van der Waals surface area contributed by atoms with Gasteiger partial charge in [0, 0.05) is 12.0 Å². The molecule has 0 saturated carbocycles. The van der Waals surface area contributed by atoms with E-state index >= 15 is 0 Å². The summed E-state index contributed by atoms with van der Waals surface area (Å²) < 4.78 is 5.08. The molecule has 0 bridgehead atoms. The van der Waals surface area contributed by atoms with Crippen LogP contribution in [0.4, 0.5) is 0 Å². The first kappa shape index (κ1) is 13.4. The number of hydrogen-bond acceptors (Lipinski definition) is 3. The van der Waals surface area contributed by atoms with E-state index in [1.807, 2.05) is 0 Å². The second kappa shape index (κ2) is 6.21. The highest BCUT2D eigenvalue weighted by atomic mass is 35.5. The van der Waals surface area contributed by atoms with Gasteiger partial charge < -0.3 is 10.1 Å². The molecular weight excluding hydrogens is 250 g/mol. The molecule has 1 aromatic carbocycles. The van der Waals surface area contributed by atoms with Crippen LogP contribution >= 0.6 is 11.6 Å². The fourth-order valence-corrected chi connectivity index (χ4v) is 2.58. The maximum absolute atomic E-state index is 12.1. The van der Waals surface area contributed by atoms with Gasteiger partial charge in [0.25, 0.3) is 0 Å². The Kier molecular flexibility index (Phi) is 4.61. The zero-order chi connectivity index (χ0) is 13.0. The number of halogens is 1. The summed E-state index contributed by atoms with van der Waals surface area (Å²) in [5, 5.41) is 3.81. The summed E-state index contributed by atoms with van der Waals surface area (Å²) in [6, 6.07) is 5.22. The van der Waals surface area contributed by atoms with Crippen LogP contribution in [0.1, 0.15) is 29.6 Å². The summed E-state index contributed by atoms with van der Waals surface area (Å²) in [7, 11) is 1.57. The van der Waals surface area contributed by atoms with E-state index in [-0.39, 0.29) is 5.78 Å². The number of piperidine rings is 1. The summed E-state index contributed by atoms with van der Waals surface area (Å²) in [5.41, 5.74) is 0.673. The summed E-state index contributed by atoms with van der Waals surface area (Å²) in [4.78, 5) is 12.1. The van der Waals surface area contributed by atoms with Crippen LogP contribution in [0.3, 0.4) is 0 Å². The van der Waals surface area contributed by atoms with Crippen molar-refractivity contribution in [1.29, 1.82) is 0 Å². The number of carbonyl (C=O) groups is 1. The van der Waals surface area contributed by atoms with Gasteiger partial charge in [-0.25, -0.2) is 0 Å². The first-order valence-corrected chi connectivity index (χ1v) is 6.66. The third-order valence-electron chi connectivity index (χ3n) is 3.35. The highest BCUT2D eigenvalue weighted by Crippen LogP contribution is 2.26. The van der Waals surface area contributed by atoms with Gasteiger partial charge in [0.05, 0.1) is 12.1 Å². The normalized spacial score (nSPS) is 19.6. The number of carbonyl (C=O) groups excluding carboxylic acids is 1. The second-order valence-corrected chi connectivity index (χ2v) is 5.10. The van der Waals surface area contributed by atoms with E-state index in [2.05, 4.69) is 5.32 Å². The minimum atomic E-state index is 0.160. The van der Waals surface area contributed by atoms with Crippen LogP contribution in [0.15, 0.2) is 18.2 Å². The van der Waals surface area contributed by atoms with E-state index < -0.39 is 0 Å². The predicted octanol–water partition coefficient (Wildman–Crippen LogP) is 2.92. The van der Waals surface area contributed by atoms with Gasteiger partial charge in [-0.05, 0) is 50.0 Å². The van der Waals surface area contributed by atoms with Crippen LogP contribution in [0.5, 0.6) is 5.75 Å². The third-order valence-corrected chi connectivity index (χ3v) is 3.64. The minimum absolute atomic E-state index is 0.160. The van der Waals surface area contributed by atoms with Gasteiger partial charge in [0.1, 0.15) is 5.75 Å². The molecule has 3 nitrogen and oxygen atoms in total. The van der Waals surface area contributed by atoms with Gasteiger partial charge in [-0.15, -0.1) is 0 Å². The number of benzene rings is 1. The van der Waals surface area contributed by atoms with Crippen molar-refractivity contribution in [3.05, 3.63) is 28.8 Å². The zero-order valence-electron chi connectivity index (χ0n) is 10.5. The minimum Gasteiger partial charge on any atom is -0.495 e. The molecule has 0 aliphatic carbocycles. The zero-order valence-corrected chi connectivity index (χ0v) is 11.3. The second-order valence-electron chi connectivity index (χ2n) is 4.69. The molecule has 0 spiro atoms. The lowest BCUT2D eigenvalue weighted by Gasteiger charge is -2.22. The number of Topliss-reactive ketones (excluding diaryl/α,β-unsaturated/α-hetero) is 1. The van der Waals surface area contributed by atoms with E-state index in [0.29, 0.717) is 28.7 Å². The van der Waals surface area contributed by atoms with Crippen molar-refractivity contribution in [3.8, 4) is 5.75 Å². The lowest BCUT2D eigenvalue weighted by Crippen LogP contribution is -2.31. The Morgan fingerprint density at radius 3 is 3.00 bits per heavy atom. The number of hydrogen-bond donors (Lipinski definition) is 1. The molecule has 1 saturated heterocycles. The van der Waals surface area contributed by atoms with Crippen LogP contribution in [0.25, 0.3) is 0 Å².